The van der Waals surface area contributed by atoms with Gasteiger partial charge in [0.25, 0.3) is 11.8 Å². The number of fused-ring (bicyclic) bond motifs is 6. The van der Waals surface area contributed by atoms with Gasteiger partial charge in [-0.1, -0.05) is 94.7 Å². The Morgan fingerprint density at radius 3 is 1.81 bits per heavy atom. The average Bonchev–Trinajstić information content (AvgIpc) is 1.97. The van der Waals surface area contributed by atoms with Crippen LogP contribution in [0.4, 0.5) is 21.0 Å². The molecule has 4 N–H and O–H groups in total. The molecule has 3 fully saturated rings. The minimum atomic E-state index is -2.74. The molecule has 7 amide bonds. The average molecular weight is 1240 g/mol. The number of hydrogen-bond acceptors (Lipinski definition) is 15. The van der Waals surface area contributed by atoms with E-state index in [9.17, 15) is 53.2 Å². The topological polar surface area (TPSA) is 253 Å². The maximum absolute atomic E-state index is 14.9. The number of nitrogens with one attached hydrogen (secondary N) is 1. The second kappa shape index (κ2) is 25.5. The number of carbonyl (C=O) groups is 8. The number of anilines is 2. The van der Waals surface area contributed by atoms with Crippen molar-refractivity contribution >= 4 is 134 Å². The number of aliphatic carboxylic acids is 1. The zero-order chi connectivity index (χ0) is 59.6. The van der Waals surface area contributed by atoms with Crippen LogP contribution in [0.25, 0.3) is 21.5 Å². The third-order valence-electron chi connectivity index (χ3n) is 16.4. The number of ether oxygens (including phenoxy) is 2. The Morgan fingerprint density at radius 1 is 0.726 bits per heavy atom. The third-order valence-corrected chi connectivity index (χ3v) is 19.9. The smallest absolute Gasteiger partial charge is 0.415 e. The van der Waals surface area contributed by atoms with E-state index in [0.717, 1.165) is 31.7 Å². The molecule has 20 nitrogen and oxygen atoms in total. The van der Waals surface area contributed by atoms with Crippen molar-refractivity contribution < 1.29 is 67.2 Å². The van der Waals surface area contributed by atoms with Gasteiger partial charge >= 0.3 is 26.8 Å². The number of unbranched alkanes of at least 4 members (excludes halogenated alkanes) is 2. The van der Waals surface area contributed by atoms with E-state index in [1.54, 1.807) is 53.2 Å². The van der Waals surface area contributed by atoms with Gasteiger partial charge < -0.3 is 53.8 Å². The van der Waals surface area contributed by atoms with Gasteiger partial charge in [0, 0.05) is 128 Å². The molecule has 0 unspecified atom stereocenters. The molecule has 0 radical (unpaired) electrons. The number of rotatable bonds is 24. The molecule has 0 aromatic heterocycles. The summed E-state index contributed by atoms with van der Waals surface area (Å²) in [6.45, 7) is 0.913. The SMILES string of the molecule is CN(CCN(C)C(=O)Oc1cc2c(c3ccccc13)[C@H](CCl)CN2C(=O)C12CC(C(=O)N3C[C@@H](CCl)c4c3cc(OP(O)O)c3ccccc43)(C1)C2)C(=O)OCc1ccccc1SSC[C@H](NC(=O)CCCCCN1C(=O)C=CC1=O)C(=O)O. The molecule has 25 heteroatoms. The van der Waals surface area contributed by atoms with Crippen molar-refractivity contribution in [3.63, 3.8) is 0 Å². The summed E-state index contributed by atoms with van der Waals surface area (Å²) in [6, 6.07) is 24.3. The van der Waals surface area contributed by atoms with Crippen LogP contribution in [0.1, 0.15) is 73.5 Å². The van der Waals surface area contributed by atoms with Crippen LogP contribution in [0, 0.1) is 10.8 Å². The van der Waals surface area contributed by atoms with E-state index in [4.69, 9.17) is 37.2 Å². The van der Waals surface area contributed by atoms with Crippen LogP contribution in [-0.2, 0) is 40.1 Å². The van der Waals surface area contributed by atoms with Gasteiger partial charge in [-0.25, -0.2) is 14.4 Å². The molecule has 11 rings (SSSR count). The molecular weight excluding hydrogens is 1180 g/mol. The molecule has 5 aromatic carbocycles. The van der Waals surface area contributed by atoms with Gasteiger partial charge in [0.2, 0.25) is 17.7 Å². The van der Waals surface area contributed by atoms with Crippen molar-refractivity contribution in [1.82, 2.24) is 20.0 Å². The summed E-state index contributed by atoms with van der Waals surface area (Å²) in [5, 5.41) is 15.3. The number of carboxylic acid groups (broad SMARTS) is 1. The summed E-state index contributed by atoms with van der Waals surface area (Å²) in [5.41, 5.74) is 2.03. The largest absolute Gasteiger partial charge is 0.480 e. The van der Waals surface area contributed by atoms with Gasteiger partial charge in [0.05, 0.1) is 22.2 Å². The van der Waals surface area contributed by atoms with Crippen LogP contribution < -0.4 is 24.4 Å². The molecule has 3 heterocycles. The predicted octanol–water partition coefficient (Wildman–Crippen LogP) is 9.29. The molecule has 442 valence electrons. The summed E-state index contributed by atoms with van der Waals surface area (Å²) < 4.78 is 17.2. The van der Waals surface area contributed by atoms with Gasteiger partial charge in [-0.15, -0.1) is 23.2 Å². The Morgan fingerprint density at radius 2 is 1.25 bits per heavy atom. The number of alkyl halides is 2. The minimum absolute atomic E-state index is 0.0405. The number of carboxylic acids is 1. The van der Waals surface area contributed by atoms with E-state index in [2.05, 4.69) is 5.32 Å². The van der Waals surface area contributed by atoms with E-state index < -0.39 is 49.5 Å². The molecule has 3 aliphatic heterocycles. The molecule has 6 aliphatic rings. The lowest BCUT2D eigenvalue weighted by Gasteiger charge is -2.69. The van der Waals surface area contributed by atoms with E-state index >= 15 is 0 Å². The van der Waals surface area contributed by atoms with Crippen LogP contribution in [-0.4, -0.2) is 148 Å². The quantitative estimate of drug-likeness (QED) is 0.0148. The molecule has 0 saturated heterocycles. The van der Waals surface area contributed by atoms with E-state index in [1.165, 1.54) is 50.6 Å². The summed E-state index contributed by atoms with van der Waals surface area (Å²) in [6.07, 6.45) is 3.73. The zero-order valence-electron chi connectivity index (χ0n) is 45.9. The summed E-state index contributed by atoms with van der Waals surface area (Å²) in [5.74, 6) is -2.02. The van der Waals surface area contributed by atoms with Crippen LogP contribution in [0.2, 0.25) is 0 Å². The Bertz CT molecular complexity index is 3460. The number of carbonyl (C=O) groups excluding carboxylic acids is 7. The number of hydrogen-bond donors (Lipinski definition) is 4. The molecule has 3 atom stereocenters. The maximum Gasteiger partial charge on any atom is 0.415 e. The van der Waals surface area contributed by atoms with Gasteiger partial charge in [-0.2, -0.15) is 0 Å². The lowest BCUT2D eigenvalue weighted by atomic mass is 9.34. The highest BCUT2D eigenvalue weighted by atomic mass is 35.5. The summed E-state index contributed by atoms with van der Waals surface area (Å²) >= 11 is 13.2. The first-order valence-corrected chi connectivity index (χ1v) is 31.9. The van der Waals surface area contributed by atoms with Crippen molar-refractivity contribution in [3.05, 3.63) is 114 Å². The fraction of sp³-hybridized carbons (Fsp3) is 0.390. The summed E-state index contributed by atoms with van der Waals surface area (Å²) in [7, 11) is 2.83. The predicted molar refractivity (Wildman–Crippen MR) is 320 cm³/mol. The molecule has 0 spiro atoms. The molecule has 2 bridgehead atoms. The van der Waals surface area contributed by atoms with Gasteiger partial charge in [-0.05, 0) is 60.1 Å². The minimum Gasteiger partial charge on any atom is -0.480 e. The Labute approximate surface area is 503 Å². The van der Waals surface area contributed by atoms with Crippen molar-refractivity contribution in [2.75, 3.05) is 74.1 Å². The fourth-order valence-electron chi connectivity index (χ4n) is 12.1. The highest BCUT2D eigenvalue weighted by molar-refractivity contribution is 8.76. The van der Waals surface area contributed by atoms with Gasteiger partial charge in [0.1, 0.15) is 24.1 Å². The van der Waals surface area contributed by atoms with Crippen LogP contribution in [0.3, 0.4) is 0 Å². The monoisotopic (exact) mass is 1240 g/mol. The van der Waals surface area contributed by atoms with E-state index in [0.29, 0.717) is 79.3 Å². The van der Waals surface area contributed by atoms with E-state index in [1.807, 2.05) is 48.5 Å². The number of halogens is 2. The highest BCUT2D eigenvalue weighted by Gasteiger charge is 2.76. The van der Waals surface area contributed by atoms with Crippen LogP contribution >= 0.6 is 53.4 Å². The normalized spacial score (nSPS) is 20.3. The number of nitrogens with zero attached hydrogens (tertiary/aromatic N) is 5. The van der Waals surface area contributed by atoms with Crippen molar-refractivity contribution in [2.45, 2.75) is 74.3 Å². The Kier molecular flexibility index (Phi) is 18.4. The second-order valence-electron chi connectivity index (χ2n) is 21.8. The molecule has 5 aromatic rings. The number of amides is 7. The first-order valence-electron chi connectivity index (χ1n) is 27.3. The van der Waals surface area contributed by atoms with Crippen molar-refractivity contribution in [3.8, 4) is 11.5 Å². The zero-order valence-corrected chi connectivity index (χ0v) is 49.9. The van der Waals surface area contributed by atoms with Gasteiger partial charge in [-0.3, -0.25) is 28.9 Å². The maximum atomic E-state index is 14.9. The summed E-state index contributed by atoms with van der Waals surface area (Å²) in [4.78, 5) is 132. The number of imide groups is 1. The van der Waals surface area contributed by atoms with Gasteiger partial charge in [0.15, 0.2) is 0 Å². The molecule has 3 saturated carbocycles. The lowest BCUT2D eigenvalue weighted by Crippen LogP contribution is -2.73. The second-order valence-corrected chi connectivity index (χ2v) is 25.5. The first-order chi connectivity index (χ1) is 40.3. The fourth-order valence-corrected chi connectivity index (χ4v) is 15.4. The van der Waals surface area contributed by atoms with Crippen LogP contribution in [0.5, 0.6) is 11.5 Å². The standard InChI is InChI=1S/C59H61Cl2N6O14PS2/c1-63(56(75)79-30-35-12-5-10-17-47(35)84-83-31-42(53(71)72)62-48(68)18-4-3-11-21-65-49(69)19-20-50(65)70)22-23-64(2)57(76)80-45-24-43-51(40-15-8-6-13-38(40)45)36(26-60)28-66(43)54(73)58-32-59(33-58,34-58)55(74)67-29-37(27-61)52-41-16-9-7-14-39(41)46(25-44(52)67)81-82(77)78/h5-10,12-17,19-20,24-25,36-37,42,77-78H,3-4,11,18,21-23,26-34H2,1-2H3,(H,62,68)(H,71,72)/t36-,37-,42+,58?,59?/m1/s1. The van der Waals surface area contributed by atoms with Crippen molar-refractivity contribution in [2.24, 2.45) is 10.8 Å². The Hall–Kier alpha value is -6.65. The third kappa shape index (κ3) is 12.1. The van der Waals surface area contributed by atoms with Crippen molar-refractivity contribution in [1.29, 1.82) is 0 Å². The van der Waals surface area contributed by atoms with E-state index in [-0.39, 0.29) is 97.1 Å². The molecule has 84 heavy (non-hydrogen) atoms. The highest BCUT2D eigenvalue weighted by Crippen LogP contribution is 2.75. The molecular formula is C59H61Cl2N6O14PS2. The number of likely N-dealkylation sites (N-methyl/N-ethyl adjacent to an activating group) is 2. The lowest BCUT2D eigenvalue weighted by molar-refractivity contribution is -0.205. The Balaban J connectivity index is 0.718. The molecule has 3 aliphatic carbocycles. The first kappa shape index (κ1) is 60.5. The van der Waals surface area contributed by atoms with Crippen LogP contribution in [0.15, 0.2) is 102 Å². The number of benzene rings is 5.